The van der Waals surface area contributed by atoms with E-state index in [1.54, 1.807) is 0 Å². The monoisotopic (exact) mass is 727 g/mol. The number of aromatic nitrogens is 1. The van der Waals surface area contributed by atoms with Crippen LogP contribution in [-0.2, 0) is 10.8 Å². The van der Waals surface area contributed by atoms with Crippen molar-refractivity contribution in [3.05, 3.63) is 257 Å². The van der Waals surface area contributed by atoms with Crippen molar-refractivity contribution in [2.75, 3.05) is 0 Å². The van der Waals surface area contributed by atoms with Gasteiger partial charge in [-0.25, -0.2) is 0 Å². The molecule has 0 N–H and O–H groups in total. The third kappa shape index (κ3) is 4.35. The number of benzene rings is 7. The van der Waals surface area contributed by atoms with Gasteiger partial charge in [-0.1, -0.05) is 188 Å². The highest BCUT2D eigenvalue weighted by atomic mass is 15.0. The second-order valence-corrected chi connectivity index (χ2v) is 16.2. The molecular formula is C56H41N. The summed E-state index contributed by atoms with van der Waals surface area (Å²) in [5.41, 5.74) is 16.6. The second kappa shape index (κ2) is 12.4. The summed E-state index contributed by atoms with van der Waals surface area (Å²) in [6.45, 7) is 0. The predicted molar refractivity (Wildman–Crippen MR) is 237 cm³/mol. The molecule has 1 nitrogen and oxygen atoms in total. The van der Waals surface area contributed by atoms with Crippen LogP contribution in [-0.4, -0.2) is 4.57 Å². The van der Waals surface area contributed by atoms with Crippen LogP contribution in [0.3, 0.4) is 0 Å². The van der Waals surface area contributed by atoms with Gasteiger partial charge in [0.15, 0.2) is 0 Å². The zero-order valence-electron chi connectivity index (χ0n) is 31.7. The standard InChI is InChI=1S/C56H41N/c1-4-19-40(20-5-1)55(42-23-16-18-38(36-42)39-34-35-53-47(37-39)45-27-11-15-33-52(45)57(53)43-24-8-3-9-25-43)49-30-13-14-31-50(49)56(41-21-6-2-7-22-41)48-29-12-10-26-44(48)46-28-17-32-51(55)54(46)56/h1-24,26-28,30-37,43,48H,25,29H2. The molecule has 0 bridgehead atoms. The highest BCUT2D eigenvalue weighted by molar-refractivity contribution is 6.09. The molecule has 57 heavy (non-hydrogen) atoms. The Morgan fingerprint density at radius 2 is 1.16 bits per heavy atom. The number of hydrogen-bond donors (Lipinski definition) is 0. The highest BCUT2D eigenvalue weighted by Gasteiger charge is 2.60. The highest BCUT2D eigenvalue weighted by Crippen LogP contribution is 2.67. The van der Waals surface area contributed by atoms with E-state index in [9.17, 15) is 0 Å². The van der Waals surface area contributed by atoms with E-state index in [1.807, 2.05) is 0 Å². The molecule has 0 spiro atoms. The largest absolute Gasteiger partial charge is 0.333 e. The molecule has 1 heterocycles. The maximum Gasteiger partial charge on any atom is 0.0708 e. The quantitative estimate of drug-likeness (QED) is 0.166. The fraction of sp³-hybridized carbons (Fsp3) is 0.107. The first-order valence-electron chi connectivity index (χ1n) is 20.5. The molecule has 4 unspecified atom stereocenters. The van der Waals surface area contributed by atoms with Crippen LogP contribution >= 0.6 is 0 Å². The molecular weight excluding hydrogens is 687 g/mol. The summed E-state index contributed by atoms with van der Waals surface area (Å²) in [4.78, 5) is 0. The van der Waals surface area contributed by atoms with E-state index >= 15 is 0 Å². The third-order valence-electron chi connectivity index (χ3n) is 13.7. The Bertz CT molecular complexity index is 3030. The lowest BCUT2D eigenvalue weighted by Gasteiger charge is -2.51. The van der Waals surface area contributed by atoms with Gasteiger partial charge in [0.1, 0.15) is 0 Å². The van der Waals surface area contributed by atoms with Crippen molar-refractivity contribution >= 4 is 27.4 Å². The van der Waals surface area contributed by atoms with E-state index in [-0.39, 0.29) is 5.41 Å². The summed E-state index contributed by atoms with van der Waals surface area (Å²) < 4.78 is 2.53. The third-order valence-corrected chi connectivity index (χ3v) is 13.7. The van der Waals surface area contributed by atoms with E-state index in [0.717, 1.165) is 12.8 Å². The van der Waals surface area contributed by atoms with Gasteiger partial charge in [0.05, 0.1) is 16.9 Å². The van der Waals surface area contributed by atoms with E-state index in [0.29, 0.717) is 12.0 Å². The van der Waals surface area contributed by atoms with Crippen LogP contribution in [0.4, 0.5) is 0 Å². The summed E-state index contributed by atoms with van der Waals surface area (Å²) in [5.74, 6) is 0.302. The second-order valence-electron chi connectivity index (χ2n) is 16.2. The fourth-order valence-corrected chi connectivity index (χ4v) is 11.6. The van der Waals surface area contributed by atoms with Crippen LogP contribution in [0.15, 0.2) is 212 Å². The normalized spacial score (nSPS) is 22.6. The molecule has 7 aromatic carbocycles. The van der Waals surface area contributed by atoms with Gasteiger partial charge >= 0.3 is 0 Å². The minimum Gasteiger partial charge on any atom is -0.333 e. The smallest absolute Gasteiger partial charge is 0.0708 e. The molecule has 4 atom stereocenters. The van der Waals surface area contributed by atoms with Crippen molar-refractivity contribution in [2.45, 2.75) is 29.7 Å². The summed E-state index contributed by atoms with van der Waals surface area (Å²) in [5, 5.41) is 2.60. The lowest BCUT2D eigenvalue weighted by atomic mass is 9.50. The van der Waals surface area contributed by atoms with Gasteiger partial charge in [-0.15, -0.1) is 0 Å². The van der Waals surface area contributed by atoms with Crippen LogP contribution in [0.25, 0.3) is 38.5 Å². The lowest BCUT2D eigenvalue weighted by Crippen LogP contribution is -2.46. The minimum atomic E-state index is -0.556. The van der Waals surface area contributed by atoms with Gasteiger partial charge in [0.25, 0.3) is 0 Å². The number of fused-ring (bicyclic) bond motifs is 8. The molecule has 0 saturated carbocycles. The average Bonchev–Trinajstić information content (AvgIpc) is 3.79. The van der Waals surface area contributed by atoms with Crippen LogP contribution in [0.2, 0.25) is 0 Å². The molecule has 4 aliphatic rings. The number of rotatable bonds is 5. The molecule has 0 radical (unpaired) electrons. The van der Waals surface area contributed by atoms with Crippen LogP contribution < -0.4 is 0 Å². The molecule has 0 aliphatic heterocycles. The topological polar surface area (TPSA) is 4.93 Å². The van der Waals surface area contributed by atoms with E-state index in [4.69, 9.17) is 0 Å². The van der Waals surface area contributed by atoms with Crippen molar-refractivity contribution in [1.82, 2.24) is 4.57 Å². The SMILES string of the molecule is C1=CCC(n2c3ccccc3c3cc(-c4cccc(C5(c6ccccc6)c6ccccc6C6(c7ccccc7)c7c(cccc75)C5=CC=CCC56)c4)ccc32)C=C1. The van der Waals surface area contributed by atoms with Gasteiger partial charge in [-0.2, -0.15) is 0 Å². The Hall–Kier alpha value is -6.70. The summed E-state index contributed by atoms with van der Waals surface area (Å²) >= 11 is 0. The lowest BCUT2D eigenvalue weighted by molar-refractivity contribution is 0.454. The minimum absolute atomic E-state index is 0.301. The van der Waals surface area contributed by atoms with E-state index < -0.39 is 5.41 Å². The van der Waals surface area contributed by atoms with Crippen molar-refractivity contribution < 1.29 is 0 Å². The molecule has 12 rings (SSSR count). The molecule has 0 fully saturated rings. The fourth-order valence-electron chi connectivity index (χ4n) is 11.6. The Morgan fingerprint density at radius 1 is 0.474 bits per heavy atom. The maximum absolute atomic E-state index is 2.53. The summed E-state index contributed by atoms with van der Waals surface area (Å²) in [6, 6.07) is 65.1. The number of para-hydroxylation sites is 1. The van der Waals surface area contributed by atoms with Gasteiger partial charge in [0, 0.05) is 27.7 Å². The Morgan fingerprint density at radius 3 is 2.00 bits per heavy atom. The first-order valence-corrected chi connectivity index (χ1v) is 20.5. The Kier molecular flexibility index (Phi) is 7.08. The van der Waals surface area contributed by atoms with Crippen LogP contribution in [0.5, 0.6) is 0 Å². The molecule has 0 amide bonds. The van der Waals surface area contributed by atoms with Gasteiger partial charge < -0.3 is 4.57 Å². The summed E-state index contributed by atoms with van der Waals surface area (Å²) in [7, 11) is 0. The van der Waals surface area contributed by atoms with Crippen molar-refractivity contribution in [3.63, 3.8) is 0 Å². The number of nitrogens with zero attached hydrogens (tertiary/aromatic N) is 1. The first-order chi connectivity index (χ1) is 28.3. The van der Waals surface area contributed by atoms with E-state index in [1.165, 1.54) is 83.0 Å². The Labute approximate surface area is 334 Å². The number of hydrogen-bond acceptors (Lipinski definition) is 0. The zero-order chi connectivity index (χ0) is 37.6. The van der Waals surface area contributed by atoms with Crippen LogP contribution in [0, 0.1) is 5.92 Å². The van der Waals surface area contributed by atoms with Gasteiger partial charge in [0.2, 0.25) is 0 Å². The predicted octanol–water partition coefficient (Wildman–Crippen LogP) is 13.5. The molecule has 4 aliphatic carbocycles. The molecule has 1 aromatic heterocycles. The van der Waals surface area contributed by atoms with Crippen molar-refractivity contribution in [3.8, 4) is 11.1 Å². The van der Waals surface area contributed by atoms with Crippen LogP contribution in [0.1, 0.15) is 63.4 Å². The van der Waals surface area contributed by atoms with Gasteiger partial charge in [-0.05, 0) is 98.3 Å². The van der Waals surface area contributed by atoms with Gasteiger partial charge in [-0.3, -0.25) is 0 Å². The first kappa shape index (κ1) is 32.5. The zero-order valence-corrected chi connectivity index (χ0v) is 31.7. The van der Waals surface area contributed by atoms with Crippen molar-refractivity contribution in [2.24, 2.45) is 5.92 Å². The Balaban J connectivity index is 1.14. The van der Waals surface area contributed by atoms with Crippen molar-refractivity contribution in [1.29, 1.82) is 0 Å². The average molecular weight is 728 g/mol. The summed E-state index contributed by atoms with van der Waals surface area (Å²) in [6.07, 6.45) is 18.0. The maximum atomic E-state index is 2.53. The molecule has 1 heteroatoms. The molecule has 0 saturated heterocycles. The number of allylic oxidation sites excluding steroid dienone is 8. The van der Waals surface area contributed by atoms with E-state index in [2.05, 4.69) is 217 Å². The molecule has 8 aromatic rings. The molecule has 270 valence electrons.